The largest absolute Gasteiger partial charge is 0.455 e. The summed E-state index contributed by atoms with van der Waals surface area (Å²) >= 11 is 0. The first-order valence-electron chi connectivity index (χ1n) is 11.3. The van der Waals surface area contributed by atoms with Crippen LogP contribution < -0.4 is 5.43 Å². The van der Waals surface area contributed by atoms with E-state index >= 15 is 0 Å². The Morgan fingerprint density at radius 2 is 1.18 bits per heavy atom. The van der Waals surface area contributed by atoms with Crippen molar-refractivity contribution < 1.29 is 33.3 Å². The number of ether oxygens (including phenoxy) is 4. The standard InChI is InChI=1S/C25H37NO8/c1-23(2,3)20(28)32-16-14-31-19(26-12-10-15(27)11-13-26)18(34-22(30)25(7,8)9)17(16)33-21(29)24(4,5)6/h10-13,16-19H,14H2,1-9H3/t16-,17-,18+,19+/m0/s1. The van der Waals surface area contributed by atoms with E-state index in [0.29, 0.717) is 0 Å². The van der Waals surface area contributed by atoms with E-state index in [1.165, 1.54) is 24.5 Å². The molecule has 1 saturated heterocycles. The monoisotopic (exact) mass is 479 g/mol. The predicted molar refractivity (Wildman–Crippen MR) is 124 cm³/mol. The smallest absolute Gasteiger partial charge is 0.311 e. The zero-order chi connectivity index (χ0) is 26.1. The summed E-state index contributed by atoms with van der Waals surface area (Å²) in [6.07, 6.45) is -1.22. The Morgan fingerprint density at radius 1 is 0.765 bits per heavy atom. The molecule has 0 unspecified atom stereocenters. The van der Waals surface area contributed by atoms with E-state index in [-0.39, 0.29) is 12.0 Å². The number of carbonyl (C=O) groups is 3. The van der Waals surface area contributed by atoms with Crippen LogP contribution in [-0.4, -0.2) is 47.4 Å². The molecule has 0 bridgehead atoms. The van der Waals surface area contributed by atoms with E-state index in [9.17, 15) is 19.2 Å². The van der Waals surface area contributed by atoms with Crippen LogP contribution >= 0.6 is 0 Å². The van der Waals surface area contributed by atoms with Crippen LogP contribution in [0.4, 0.5) is 0 Å². The van der Waals surface area contributed by atoms with Crippen molar-refractivity contribution in [1.29, 1.82) is 0 Å². The van der Waals surface area contributed by atoms with Crippen molar-refractivity contribution in [3.8, 4) is 0 Å². The van der Waals surface area contributed by atoms with Gasteiger partial charge in [-0.05, 0) is 62.3 Å². The Kier molecular flexibility index (Phi) is 8.02. The van der Waals surface area contributed by atoms with Crippen LogP contribution in [0.25, 0.3) is 0 Å². The molecular weight excluding hydrogens is 442 g/mol. The van der Waals surface area contributed by atoms with Crippen LogP contribution in [0.3, 0.4) is 0 Å². The maximum absolute atomic E-state index is 12.9. The van der Waals surface area contributed by atoms with Gasteiger partial charge in [0.05, 0.1) is 22.9 Å². The Bertz CT molecular complexity index is 940. The van der Waals surface area contributed by atoms with E-state index in [4.69, 9.17) is 18.9 Å². The lowest BCUT2D eigenvalue weighted by atomic mass is 9.94. The van der Waals surface area contributed by atoms with Crippen molar-refractivity contribution in [3.63, 3.8) is 0 Å². The Labute approximate surface area is 200 Å². The van der Waals surface area contributed by atoms with Gasteiger partial charge in [-0.15, -0.1) is 0 Å². The van der Waals surface area contributed by atoms with Crippen LogP contribution in [-0.2, 0) is 33.3 Å². The first-order valence-corrected chi connectivity index (χ1v) is 11.3. The second-order valence-corrected chi connectivity index (χ2v) is 11.6. The summed E-state index contributed by atoms with van der Waals surface area (Å²) in [5.74, 6) is -1.61. The summed E-state index contributed by atoms with van der Waals surface area (Å²) in [4.78, 5) is 50.1. The molecule has 4 atom stereocenters. The third kappa shape index (κ3) is 6.91. The van der Waals surface area contributed by atoms with Crippen molar-refractivity contribution in [2.75, 3.05) is 6.61 Å². The lowest BCUT2D eigenvalue weighted by molar-refractivity contribution is -0.248. The molecule has 9 nitrogen and oxygen atoms in total. The number of esters is 3. The SMILES string of the molecule is CC(C)(C)C(=O)O[C@@H]1[C@@H](OC(=O)C(C)(C)C)[C@H](n2ccc(=O)cc2)OC[C@@H]1OC(=O)C(C)(C)C. The van der Waals surface area contributed by atoms with Crippen LogP contribution in [0.2, 0.25) is 0 Å². The van der Waals surface area contributed by atoms with Crippen molar-refractivity contribution >= 4 is 17.9 Å². The maximum Gasteiger partial charge on any atom is 0.311 e. The maximum atomic E-state index is 12.9. The number of nitrogens with zero attached hydrogens (tertiary/aromatic N) is 1. The molecule has 34 heavy (non-hydrogen) atoms. The van der Waals surface area contributed by atoms with E-state index in [2.05, 4.69) is 0 Å². The third-order valence-corrected chi connectivity index (χ3v) is 5.10. The molecule has 2 heterocycles. The van der Waals surface area contributed by atoms with Crippen LogP contribution in [0.1, 0.15) is 68.5 Å². The minimum Gasteiger partial charge on any atom is -0.455 e. The lowest BCUT2D eigenvalue weighted by Gasteiger charge is -2.43. The molecule has 0 aromatic carbocycles. The molecule has 190 valence electrons. The molecule has 1 aliphatic rings. The molecular formula is C25H37NO8. The summed E-state index contributed by atoms with van der Waals surface area (Å²) in [7, 11) is 0. The van der Waals surface area contributed by atoms with Gasteiger partial charge >= 0.3 is 17.9 Å². The number of hydrogen-bond acceptors (Lipinski definition) is 8. The van der Waals surface area contributed by atoms with Crippen LogP contribution in [0.15, 0.2) is 29.3 Å². The highest BCUT2D eigenvalue weighted by atomic mass is 16.6. The van der Waals surface area contributed by atoms with Gasteiger partial charge in [0.25, 0.3) is 0 Å². The van der Waals surface area contributed by atoms with Gasteiger partial charge in [-0.1, -0.05) is 0 Å². The molecule has 9 heteroatoms. The highest BCUT2D eigenvalue weighted by Gasteiger charge is 2.50. The van der Waals surface area contributed by atoms with Gasteiger partial charge in [0.15, 0.2) is 30.0 Å². The highest BCUT2D eigenvalue weighted by Crippen LogP contribution is 2.34. The summed E-state index contributed by atoms with van der Waals surface area (Å²) < 4.78 is 24.9. The topological polar surface area (TPSA) is 110 Å². The van der Waals surface area contributed by atoms with E-state index < -0.39 is 58.7 Å². The summed E-state index contributed by atoms with van der Waals surface area (Å²) in [5, 5.41) is 0. The fourth-order valence-electron chi connectivity index (χ4n) is 2.89. The van der Waals surface area contributed by atoms with Crippen molar-refractivity contribution in [3.05, 3.63) is 34.7 Å². The first-order chi connectivity index (χ1) is 15.4. The molecule has 0 saturated carbocycles. The van der Waals surface area contributed by atoms with Crippen molar-refractivity contribution in [1.82, 2.24) is 4.57 Å². The molecule has 0 aliphatic carbocycles. The average molecular weight is 480 g/mol. The molecule has 0 spiro atoms. The molecule has 2 rings (SSSR count). The number of aromatic nitrogens is 1. The molecule has 1 aromatic rings. The fourth-order valence-corrected chi connectivity index (χ4v) is 2.89. The van der Waals surface area contributed by atoms with Crippen molar-refractivity contribution in [2.45, 2.75) is 86.9 Å². The van der Waals surface area contributed by atoms with Crippen molar-refractivity contribution in [2.24, 2.45) is 16.2 Å². The van der Waals surface area contributed by atoms with Gasteiger partial charge in [-0.25, -0.2) is 0 Å². The number of hydrogen-bond donors (Lipinski definition) is 0. The minimum atomic E-state index is -1.15. The van der Waals surface area contributed by atoms with Gasteiger partial charge in [0, 0.05) is 24.5 Å². The predicted octanol–water partition coefficient (Wildman–Crippen LogP) is 3.25. The molecule has 1 fully saturated rings. The van der Waals surface area contributed by atoms with Gasteiger partial charge in [-0.3, -0.25) is 19.2 Å². The van der Waals surface area contributed by atoms with Crippen LogP contribution in [0.5, 0.6) is 0 Å². The Balaban J connectivity index is 2.54. The van der Waals surface area contributed by atoms with Gasteiger partial charge in [0.2, 0.25) is 0 Å². The molecule has 0 radical (unpaired) electrons. The Morgan fingerprint density at radius 3 is 1.62 bits per heavy atom. The van der Waals surface area contributed by atoms with Crippen LogP contribution in [0, 0.1) is 16.2 Å². The second kappa shape index (κ2) is 9.90. The van der Waals surface area contributed by atoms with Gasteiger partial charge < -0.3 is 23.5 Å². The fraction of sp³-hybridized carbons (Fsp3) is 0.680. The highest BCUT2D eigenvalue weighted by molar-refractivity contribution is 5.77. The normalized spacial score (nSPS) is 23.7. The Hall–Kier alpha value is -2.68. The van der Waals surface area contributed by atoms with Gasteiger partial charge in [0.1, 0.15) is 0 Å². The van der Waals surface area contributed by atoms with E-state index in [1.807, 2.05) is 0 Å². The van der Waals surface area contributed by atoms with E-state index in [1.54, 1.807) is 66.9 Å². The zero-order valence-corrected chi connectivity index (χ0v) is 21.5. The second-order valence-electron chi connectivity index (χ2n) is 11.6. The lowest BCUT2D eigenvalue weighted by Crippen LogP contribution is -2.57. The third-order valence-electron chi connectivity index (χ3n) is 5.10. The minimum absolute atomic E-state index is 0.107. The zero-order valence-electron chi connectivity index (χ0n) is 21.5. The van der Waals surface area contributed by atoms with E-state index in [0.717, 1.165) is 0 Å². The summed E-state index contributed by atoms with van der Waals surface area (Å²) in [6.45, 7) is 15.2. The summed E-state index contributed by atoms with van der Waals surface area (Å²) in [6, 6.07) is 2.68. The molecule has 1 aromatic heterocycles. The first kappa shape index (κ1) is 27.6. The summed E-state index contributed by atoms with van der Waals surface area (Å²) in [5.41, 5.74) is -2.74. The number of pyridine rings is 1. The molecule has 1 aliphatic heterocycles. The van der Waals surface area contributed by atoms with Gasteiger partial charge in [-0.2, -0.15) is 0 Å². The number of carbonyl (C=O) groups excluding carboxylic acids is 3. The number of rotatable bonds is 4. The molecule has 0 amide bonds. The quantitative estimate of drug-likeness (QED) is 0.478. The molecule has 0 N–H and O–H groups in total. The average Bonchev–Trinajstić information content (AvgIpc) is 2.68.